The van der Waals surface area contributed by atoms with Gasteiger partial charge in [-0.1, -0.05) is 315 Å². The number of nitrogens with zero attached hydrogens (tertiary/aromatic N) is 6. The van der Waals surface area contributed by atoms with Gasteiger partial charge in [-0.05, 0) is 191 Å². The maximum atomic E-state index is 2.47. The molecule has 9 heterocycles. The molecule has 0 atom stereocenters. The molecule has 9 aromatic heterocycles. The van der Waals surface area contributed by atoms with Gasteiger partial charge in [0.25, 0.3) is 0 Å². The highest BCUT2D eigenvalue weighted by molar-refractivity contribution is 7.27. The van der Waals surface area contributed by atoms with Crippen LogP contribution in [0, 0.1) is 0 Å². The molecule has 0 bridgehead atoms. The minimum atomic E-state index is 1.16. The number of rotatable bonds is 9. The highest BCUT2D eigenvalue weighted by Crippen LogP contribution is 2.49. The smallest absolute Gasteiger partial charge is 0.0788 e. The fourth-order valence-electron chi connectivity index (χ4n) is 22.1. The van der Waals surface area contributed by atoms with Crippen molar-refractivity contribution in [3.05, 3.63) is 473 Å². The van der Waals surface area contributed by atoms with Crippen molar-refractivity contribution in [1.29, 1.82) is 0 Å². The Morgan fingerprint density at radius 3 is 0.837 bits per heavy atom. The predicted molar refractivity (Wildman–Crippen MR) is 580 cm³/mol. The first-order chi connectivity index (χ1) is 67.0. The second-order valence-corrected chi connectivity index (χ2v) is 38.4. The van der Waals surface area contributed by atoms with E-state index in [-0.39, 0.29) is 0 Å². The van der Waals surface area contributed by atoms with E-state index < -0.39 is 0 Å². The van der Waals surface area contributed by atoms with Crippen LogP contribution in [0.5, 0.6) is 0 Å². The first-order valence-corrected chi connectivity index (χ1v) is 48.5. The molecule has 9 heteroatoms. The lowest BCUT2D eigenvalue weighted by Crippen LogP contribution is -1.98. The summed E-state index contributed by atoms with van der Waals surface area (Å²) in [5.74, 6) is 0. The largest absolute Gasteiger partial charge is 0.309 e. The second kappa shape index (κ2) is 30.9. The Labute approximate surface area is 787 Å². The first kappa shape index (κ1) is 76.9. The number of thiophene rings is 3. The number of para-hydroxylation sites is 9. The molecule has 0 fully saturated rings. The summed E-state index contributed by atoms with van der Waals surface area (Å²) in [7, 11) is 0. The van der Waals surface area contributed by atoms with E-state index in [9.17, 15) is 0 Å². The Morgan fingerprint density at radius 2 is 0.415 bits per heavy atom. The minimum absolute atomic E-state index is 1.16. The lowest BCUT2D eigenvalue weighted by molar-refractivity contribution is 1.15. The van der Waals surface area contributed by atoms with Crippen LogP contribution in [0.15, 0.2) is 473 Å². The van der Waals surface area contributed by atoms with Gasteiger partial charge in [-0.15, -0.1) is 34.0 Å². The summed E-state index contributed by atoms with van der Waals surface area (Å²) in [5.41, 5.74) is 29.2. The Kier molecular flexibility index (Phi) is 17.6. The van der Waals surface area contributed by atoms with Crippen molar-refractivity contribution in [2.24, 2.45) is 0 Å². The molecule has 630 valence electrons. The molecule has 0 saturated heterocycles. The van der Waals surface area contributed by atoms with E-state index in [1.807, 2.05) is 34.0 Å². The molecule has 6 nitrogen and oxygen atoms in total. The van der Waals surface area contributed by atoms with E-state index >= 15 is 0 Å². The van der Waals surface area contributed by atoms with E-state index in [0.717, 1.165) is 11.4 Å². The third-order valence-electron chi connectivity index (χ3n) is 28.0. The zero-order valence-corrected chi connectivity index (χ0v) is 75.4. The third-order valence-corrected chi connectivity index (χ3v) is 31.5. The van der Waals surface area contributed by atoms with Gasteiger partial charge in [-0.25, -0.2) is 0 Å². The first-order valence-electron chi connectivity index (χ1n) is 46.1. The number of fused-ring (bicyclic) bond motifs is 29. The average molecular weight is 1770 g/mol. The van der Waals surface area contributed by atoms with Gasteiger partial charge in [0, 0.05) is 159 Å². The molecule has 135 heavy (non-hydrogen) atoms. The molecular formula is C126H78N6S3. The third kappa shape index (κ3) is 12.0. The number of aromatic nitrogens is 6. The van der Waals surface area contributed by atoms with Crippen molar-refractivity contribution in [3.8, 4) is 67.5 Å². The fourth-order valence-corrected chi connectivity index (χ4v) is 25.7. The van der Waals surface area contributed by atoms with Crippen LogP contribution in [-0.4, -0.2) is 27.4 Å². The molecule has 0 saturated carbocycles. The molecule has 21 aromatic carbocycles. The van der Waals surface area contributed by atoms with Crippen LogP contribution in [0.2, 0.25) is 0 Å². The Hall–Kier alpha value is -16.9. The Morgan fingerprint density at radius 1 is 0.133 bits per heavy atom. The van der Waals surface area contributed by atoms with E-state index in [1.165, 1.54) is 247 Å². The van der Waals surface area contributed by atoms with Crippen molar-refractivity contribution in [2.75, 3.05) is 0 Å². The van der Waals surface area contributed by atoms with E-state index in [4.69, 9.17) is 0 Å². The highest BCUT2D eigenvalue weighted by Gasteiger charge is 2.26. The van der Waals surface area contributed by atoms with Gasteiger partial charge in [0.2, 0.25) is 0 Å². The standard InChI is InChI=1S/3C42H26N2S/c1-2-11-28(12-3-1)43-35-18-7-4-14-33(35)40-37(43)25-26-38-41(40)34-15-5-8-19-36(34)44(38)29-23-21-27(22-24-29)30-16-10-17-32-31-13-6-9-20-39(31)45-42(30)32;1-2-11-28(12-3-1)43-37-18-7-4-13-31(37)34-25-26-35-32-14-5-8-19-38(32)44(41(35)40(34)43)29-23-21-27(22-24-29)30-16-10-17-36-33-15-6-9-20-39(33)45-42(30)36;1-2-10-29(11-3-1)43-37-15-7-4-12-31(37)35-25-36-32-13-5-8-16-38(32)44(40(36)26-39(35)43)30-21-18-27(19-22-30)28-20-23-34-33-14-6-9-17-41(33)45-42(34)24-28/h3*1-26H. The molecule has 0 unspecified atom stereocenters. The van der Waals surface area contributed by atoms with Crippen molar-refractivity contribution in [2.45, 2.75) is 0 Å². The van der Waals surface area contributed by atoms with Crippen LogP contribution in [0.3, 0.4) is 0 Å². The summed E-state index contributed by atoms with van der Waals surface area (Å²) < 4.78 is 22.6. The monoisotopic (exact) mass is 1770 g/mol. The molecule has 30 aromatic rings. The van der Waals surface area contributed by atoms with Crippen LogP contribution in [0.25, 0.3) is 259 Å². The molecule has 0 aliphatic rings. The van der Waals surface area contributed by atoms with Crippen molar-refractivity contribution >= 4 is 225 Å². The lowest BCUT2D eigenvalue weighted by atomic mass is 10.0. The molecule has 0 radical (unpaired) electrons. The zero-order valence-electron chi connectivity index (χ0n) is 72.9. The van der Waals surface area contributed by atoms with Crippen LogP contribution >= 0.6 is 34.0 Å². The lowest BCUT2D eigenvalue weighted by Gasteiger charge is -2.13. The number of hydrogen-bond donors (Lipinski definition) is 0. The summed E-state index contributed by atoms with van der Waals surface area (Å²) >= 11 is 5.64. The molecule has 0 aliphatic heterocycles. The molecule has 30 rings (SSSR count). The summed E-state index contributed by atoms with van der Waals surface area (Å²) in [6.45, 7) is 0. The summed E-state index contributed by atoms with van der Waals surface area (Å²) in [6, 6.07) is 173. The van der Waals surface area contributed by atoms with Crippen LogP contribution in [-0.2, 0) is 0 Å². The van der Waals surface area contributed by atoms with Gasteiger partial charge >= 0.3 is 0 Å². The Bertz CT molecular complexity index is 10100. The predicted octanol–water partition coefficient (Wildman–Crippen LogP) is 35.7. The van der Waals surface area contributed by atoms with E-state index in [0.29, 0.717) is 0 Å². The van der Waals surface area contributed by atoms with Crippen LogP contribution in [0.4, 0.5) is 0 Å². The van der Waals surface area contributed by atoms with Gasteiger partial charge < -0.3 is 27.4 Å². The molecular weight excluding hydrogens is 1690 g/mol. The minimum Gasteiger partial charge on any atom is -0.309 e. The molecule has 0 amide bonds. The van der Waals surface area contributed by atoms with Gasteiger partial charge in [0.15, 0.2) is 0 Å². The normalized spacial score (nSPS) is 12.0. The van der Waals surface area contributed by atoms with Crippen molar-refractivity contribution < 1.29 is 0 Å². The van der Waals surface area contributed by atoms with Gasteiger partial charge in [0.1, 0.15) is 0 Å². The van der Waals surface area contributed by atoms with Crippen molar-refractivity contribution in [1.82, 2.24) is 27.4 Å². The van der Waals surface area contributed by atoms with Gasteiger partial charge in [-0.3, -0.25) is 0 Å². The molecule has 0 N–H and O–H groups in total. The van der Waals surface area contributed by atoms with Gasteiger partial charge in [0.05, 0.1) is 66.2 Å². The van der Waals surface area contributed by atoms with Crippen LogP contribution in [0.1, 0.15) is 0 Å². The van der Waals surface area contributed by atoms with Crippen molar-refractivity contribution in [3.63, 3.8) is 0 Å². The maximum absolute atomic E-state index is 2.47. The fraction of sp³-hybridized carbons (Fsp3) is 0. The average Bonchev–Trinajstić information content (AvgIpc) is 1.57. The molecule has 0 aliphatic carbocycles. The Balaban J connectivity index is 0.000000101. The zero-order chi connectivity index (χ0) is 88.5. The van der Waals surface area contributed by atoms with E-state index in [1.54, 1.807) is 0 Å². The summed E-state index contributed by atoms with van der Waals surface area (Å²) in [6.07, 6.45) is 0. The topological polar surface area (TPSA) is 29.6 Å². The SMILES string of the molecule is c1ccc(-n2c3ccccc3c3c4c5ccccc5n(-c5ccc(-c6cccc7c6sc6ccccc67)cc5)c4ccc32)cc1.c1ccc(-n2c3ccccc3c3cc4c5ccccc5n(-c5ccc(-c6ccc7c(c6)sc6ccccc67)cc5)c4cc32)cc1.c1ccc(-n2c3ccccc3c3ccc4c5ccccc5n(-c5ccc(-c6cccc7c6sc6ccccc67)cc5)c4c32)cc1. The highest BCUT2D eigenvalue weighted by atomic mass is 32.1. The second-order valence-electron chi connectivity index (χ2n) is 35.2. The maximum Gasteiger partial charge on any atom is 0.0788 e. The van der Waals surface area contributed by atoms with Gasteiger partial charge in [-0.2, -0.15) is 0 Å². The summed E-state index contributed by atoms with van der Waals surface area (Å²) in [4.78, 5) is 0. The number of hydrogen-bond acceptors (Lipinski definition) is 3. The van der Waals surface area contributed by atoms with E-state index in [2.05, 4.69) is 501 Å². The quantitative estimate of drug-likeness (QED) is 0.138. The summed E-state index contributed by atoms with van der Waals surface area (Å²) in [5, 5.41) is 23.3. The van der Waals surface area contributed by atoms with Crippen LogP contribution < -0.4 is 0 Å². The molecule has 0 spiro atoms. The number of benzene rings is 21.